The highest BCUT2D eigenvalue weighted by Gasteiger charge is 2.27. The highest BCUT2D eigenvalue weighted by molar-refractivity contribution is 7.13. The first-order valence-corrected chi connectivity index (χ1v) is 7.76. The third kappa shape index (κ3) is 4.41. The van der Waals surface area contributed by atoms with Crippen molar-refractivity contribution < 1.29 is 9.18 Å². The van der Waals surface area contributed by atoms with Crippen LogP contribution in [0.1, 0.15) is 16.9 Å². The standard InChI is InChI=1S/C15H16FN3OS.2ClH/c16-12-3-1-11(2-4-12)14-18-13(9-21-14)15(20)19-6-5-10(7-17)8-19;;/h1-4,9-10H,5-8,17H2;2*1H. The molecule has 1 atom stereocenters. The number of halogens is 3. The van der Waals surface area contributed by atoms with Gasteiger partial charge in [0.2, 0.25) is 0 Å². The maximum atomic E-state index is 12.9. The van der Waals surface area contributed by atoms with Crippen LogP contribution in [0.25, 0.3) is 10.6 Å². The van der Waals surface area contributed by atoms with Crippen LogP contribution in [-0.2, 0) is 0 Å². The second kappa shape index (κ2) is 8.59. The number of likely N-dealkylation sites (tertiary alicyclic amines) is 1. The Morgan fingerprint density at radius 2 is 2.04 bits per heavy atom. The maximum Gasteiger partial charge on any atom is 0.273 e. The summed E-state index contributed by atoms with van der Waals surface area (Å²) in [6.07, 6.45) is 0.956. The van der Waals surface area contributed by atoms with Gasteiger partial charge in [-0.2, -0.15) is 0 Å². The van der Waals surface area contributed by atoms with Gasteiger partial charge in [-0.25, -0.2) is 9.37 Å². The molecule has 3 rings (SSSR count). The van der Waals surface area contributed by atoms with Crippen molar-refractivity contribution in [3.05, 3.63) is 41.2 Å². The van der Waals surface area contributed by atoms with Gasteiger partial charge < -0.3 is 10.6 Å². The number of nitrogens with zero attached hydrogens (tertiary/aromatic N) is 2. The fraction of sp³-hybridized carbons (Fsp3) is 0.333. The van der Waals surface area contributed by atoms with Gasteiger partial charge >= 0.3 is 0 Å². The number of aromatic nitrogens is 1. The molecule has 126 valence electrons. The molecule has 4 nitrogen and oxygen atoms in total. The summed E-state index contributed by atoms with van der Waals surface area (Å²) in [4.78, 5) is 18.6. The van der Waals surface area contributed by atoms with E-state index in [9.17, 15) is 9.18 Å². The normalized spacial score (nSPS) is 16.6. The Morgan fingerprint density at radius 3 is 2.65 bits per heavy atom. The third-order valence-corrected chi connectivity index (χ3v) is 4.61. The first-order valence-electron chi connectivity index (χ1n) is 6.88. The zero-order chi connectivity index (χ0) is 14.8. The second-order valence-electron chi connectivity index (χ2n) is 5.19. The molecule has 1 amide bonds. The lowest BCUT2D eigenvalue weighted by molar-refractivity contribution is 0.0783. The lowest BCUT2D eigenvalue weighted by atomic mass is 10.1. The minimum Gasteiger partial charge on any atom is -0.337 e. The van der Waals surface area contributed by atoms with Gasteiger partial charge in [-0.1, -0.05) is 0 Å². The van der Waals surface area contributed by atoms with Crippen LogP contribution >= 0.6 is 36.2 Å². The number of carbonyl (C=O) groups is 1. The maximum absolute atomic E-state index is 12.9. The fourth-order valence-corrected chi connectivity index (χ4v) is 3.27. The average molecular weight is 378 g/mol. The van der Waals surface area contributed by atoms with Crippen molar-refractivity contribution >= 4 is 42.1 Å². The molecule has 0 saturated carbocycles. The van der Waals surface area contributed by atoms with Gasteiger partial charge in [-0.05, 0) is 43.1 Å². The molecule has 0 spiro atoms. The number of hydrogen-bond donors (Lipinski definition) is 1. The number of amides is 1. The number of carbonyl (C=O) groups excluding carboxylic acids is 1. The average Bonchev–Trinajstić information content (AvgIpc) is 3.16. The van der Waals surface area contributed by atoms with Gasteiger partial charge in [0.05, 0.1) is 0 Å². The number of nitrogens with two attached hydrogens (primary N) is 1. The van der Waals surface area contributed by atoms with Gasteiger partial charge in [0.1, 0.15) is 16.5 Å². The van der Waals surface area contributed by atoms with Crippen LogP contribution in [0, 0.1) is 11.7 Å². The third-order valence-electron chi connectivity index (χ3n) is 3.72. The predicted molar refractivity (Wildman–Crippen MR) is 95.1 cm³/mol. The van der Waals surface area contributed by atoms with Gasteiger partial charge in [0.15, 0.2) is 0 Å². The van der Waals surface area contributed by atoms with Gasteiger partial charge in [-0.3, -0.25) is 4.79 Å². The van der Waals surface area contributed by atoms with E-state index in [0.717, 1.165) is 23.5 Å². The molecule has 1 fully saturated rings. The van der Waals surface area contributed by atoms with Gasteiger partial charge in [-0.15, -0.1) is 36.2 Å². The van der Waals surface area contributed by atoms with Crippen molar-refractivity contribution in [1.82, 2.24) is 9.88 Å². The van der Waals surface area contributed by atoms with E-state index in [0.29, 0.717) is 24.7 Å². The summed E-state index contributed by atoms with van der Waals surface area (Å²) < 4.78 is 12.9. The highest BCUT2D eigenvalue weighted by atomic mass is 35.5. The summed E-state index contributed by atoms with van der Waals surface area (Å²) in [5.74, 6) is 0.0659. The highest BCUT2D eigenvalue weighted by Crippen LogP contribution is 2.25. The van der Waals surface area contributed by atoms with Crippen molar-refractivity contribution in [3.8, 4) is 10.6 Å². The van der Waals surface area contributed by atoms with Crippen LogP contribution in [0.3, 0.4) is 0 Å². The van der Waals surface area contributed by atoms with E-state index in [1.165, 1.54) is 23.5 Å². The van der Waals surface area contributed by atoms with E-state index < -0.39 is 0 Å². The molecule has 1 aromatic carbocycles. The molecule has 2 heterocycles. The molecule has 0 radical (unpaired) electrons. The summed E-state index contributed by atoms with van der Waals surface area (Å²) in [6.45, 7) is 2.06. The van der Waals surface area contributed by atoms with Crippen LogP contribution in [0.2, 0.25) is 0 Å². The van der Waals surface area contributed by atoms with Gasteiger partial charge in [0, 0.05) is 24.0 Å². The smallest absolute Gasteiger partial charge is 0.273 e. The van der Waals surface area contributed by atoms with Crippen LogP contribution in [0.4, 0.5) is 4.39 Å². The topological polar surface area (TPSA) is 59.2 Å². The quantitative estimate of drug-likeness (QED) is 0.892. The summed E-state index contributed by atoms with van der Waals surface area (Å²) >= 11 is 1.40. The molecule has 0 aliphatic carbocycles. The Bertz CT molecular complexity index is 650. The van der Waals surface area contributed by atoms with E-state index in [2.05, 4.69) is 4.98 Å². The molecule has 2 aromatic rings. The molecule has 23 heavy (non-hydrogen) atoms. The van der Waals surface area contributed by atoms with E-state index in [4.69, 9.17) is 5.73 Å². The number of hydrogen-bond acceptors (Lipinski definition) is 4. The van der Waals surface area contributed by atoms with Gasteiger partial charge in [0.25, 0.3) is 5.91 Å². The Kier molecular flexibility index (Phi) is 7.41. The SMILES string of the molecule is Cl.Cl.NCC1CCN(C(=O)c2csc(-c3ccc(F)cc3)n2)C1. The largest absolute Gasteiger partial charge is 0.337 e. The molecule has 1 aliphatic rings. The molecule has 2 N–H and O–H groups in total. The predicted octanol–water partition coefficient (Wildman–Crippen LogP) is 3.21. The zero-order valence-electron chi connectivity index (χ0n) is 12.3. The lowest BCUT2D eigenvalue weighted by Gasteiger charge is -2.14. The molecule has 8 heteroatoms. The van der Waals surface area contributed by atoms with Crippen molar-refractivity contribution in [2.24, 2.45) is 11.7 Å². The molecule has 1 saturated heterocycles. The summed E-state index contributed by atoms with van der Waals surface area (Å²) in [5.41, 5.74) is 6.92. The number of thiazole rings is 1. The zero-order valence-corrected chi connectivity index (χ0v) is 14.7. The van der Waals surface area contributed by atoms with Crippen LogP contribution < -0.4 is 5.73 Å². The van der Waals surface area contributed by atoms with Crippen LogP contribution in [0.15, 0.2) is 29.6 Å². The number of benzene rings is 1. The Labute approximate surface area is 150 Å². The van der Waals surface area contributed by atoms with E-state index in [-0.39, 0.29) is 36.5 Å². The summed E-state index contributed by atoms with van der Waals surface area (Å²) in [5, 5.41) is 2.49. The molecule has 1 unspecified atom stereocenters. The van der Waals surface area contributed by atoms with Crippen molar-refractivity contribution in [1.29, 1.82) is 0 Å². The molecule has 0 bridgehead atoms. The fourth-order valence-electron chi connectivity index (χ4n) is 2.47. The Balaban J connectivity index is 0.00000132. The Hall–Kier alpha value is -1.21. The Morgan fingerprint density at radius 1 is 1.35 bits per heavy atom. The minimum absolute atomic E-state index is 0. The minimum atomic E-state index is -0.281. The van der Waals surface area contributed by atoms with Crippen molar-refractivity contribution in [3.63, 3.8) is 0 Å². The first kappa shape index (κ1) is 19.8. The monoisotopic (exact) mass is 377 g/mol. The van der Waals surface area contributed by atoms with Crippen molar-refractivity contribution in [2.75, 3.05) is 19.6 Å². The van der Waals surface area contributed by atoms with E-state index >= 15 is 0 Å². The summed E-state index contributed by atoms with van der Waals surface area (Å²) in [6, 6.07) is 6.13. The lowest BCUT2D eigenvalue weighted by Crippen LogP contribution is -2.30. The molecule has 1 aromatic heterocycles. The van der Waals surface area contributed by atoms with Crippen LogP contribution in [0.5, 0.6) is 0 Å². The molecular formula is C15H18Cl2FN3OS. The number of rotatable bonds is 3. The molecular weight excluding hydrogens is 360 g/mol. The first-order chi connectivity index (χ1) is 10.2. The molecule has 1 aliphatic heterocycles. The summed E-state index contributed by atoms with van der Waals surface area (Å²) in [7, 11) is 0. The van der Waals surface area contributed by atoms with E-state index in [1.807, 2.05) is 0 Å². The van der Waals surface area contributed by atoms with Crippen LogP contribution in [-0.4, -0.2) is 35.4 Å². The van der Waals surface area contributed by atoms with E-state index in [1.54, 1.807) is 22.4 Å². The van der Waals surface area contributed by atoms with Crippen molar-refractivity contribution in [2.45, 2.75) is 6.42 Å². The second-order valence-corrected chi connectivity index (χ2v) is 6.04.